The van der Waals surface area contributed by atoms with Gasteiger partial charge in [-0.05, 0) is 23.9 Å². The molecule has 0 spiro atoms. The van der Waals surface area contributed by atoms with Gasteiger partial charge in [0, 0.05) is 13.3 Å². The van der Waals surface area contributed by atoms with Crippen molar-refractivity contribution in [1.82, 2.24) is 0 Å². The number of thioether (sulfide) groups is 2. The summed E-state index contributed by atoms with van der Waals surface area (Å²) in [6.07, 6.45) is 14.6. The molecule has 0 saturated heterocycles. The van der Waals surface area contributed by atoms with Gasteiger partial charge in [0.1, 0.15) is 3.53 Å². The summed E-state index contributed by atoms with van der Waals surface area (Å²) in [5, 5.41) is 0. The third-order valence-electron chi connectivity index (χ3n) is 3.91. The number of rotatable bonds is 13. The zero-order chi connectivity index (χ0) is 16.7. The minimum Gasteiger partial charge on any atom is -0.298 e. The fraction of sp³-hybridized carbons (Fsp3) is 0.889. The molecule has 0 aliphatic carbocycles. The monoisotopic (exact) mass is 359 g/mol. The summed E-state index contributed by atoms with van der Waals surface area (Å²) in [4.78, 5) is 3.34. The third kappa shape index (κ3) is 12.8. The van der Waals surface area contributed by atoms with E-state index in [-0.39, 0.29) is 4.87 Å². The van der Waals surface area contributed by atoms with Crippen molar-refractivity contribution in [2.45, 2.75) is 96.3 Å². The van der Waals surface area contributed by atoms with E-state index in [4.69, 9.17) is 18.8 Å². The van der Waals surface area contributed by atoms with Gasteiger partial charge in [0.25, 0.3) is 4.87 Å². The maximum absolute atomic E-state index is 7.25. The van der Waals surface area contributed by atoms with Gasteiger partial charge in [-0.25, -0.2) is 6.57 Å². The number of hydrogen-bond donors (Lipinski definition) is 0. The molecule has 0 fully saturated rings. The molecule has 0 aromatic rings. The number of nitrogens with zero attached hydrogens (tertiary/aromatic N) is 1. The van der Waals surface area contributed by atoms with E-state index in [0.29, 0.717) is 0 Å². The maximum atomic E-state index is 7.25. The highest BCUT2D eigenvalue weighted by molar-refractivity contribution is 8.47. The molecule has 0 N–H and O–H groups in total. The van der Waals surface area contributed by atoms with E-state index in [9.17, 15) is 0 Å². The Kier molecular flexibility index (Phi) is 15.0. The van der Waals surface area contributed by atoms with E-state index < -0.39 is 0 Å². The van der Waals surface area contributed by atoms with Crippen molar-refractivity contribution in [1.29, 1.82) is 0 Å². The maximum Gasteiger partial charge on any atom is 0.280 e. The number of hydrogen-bond acceptors (Lipinski definition) is 3. The lowest BCUT2D eigenvalue weighted by Crippen LogP contribution is -2.14. The Morgan fingerprint density at radius 2 is 1.45 bits per heavy atom. The molecule has 0 aliphatic rings. The lowest BCUT2D eigenvalue weighted by Gasteiger charge is -2.13. The SMILES string of the molecule is [C-]#[N+]C(C)(CC)SC(=S)SCCCCCCCCCCCC. The van der Waals surface area contributed by atoms with Crippen LogP contribution in [0.1, 0.15) is 91.4 Å². The molecule has 22 heavy (non-hydrogen) atoms. The Morgan fingerprint density at radius 3 is 1.91 bits per heavy atom. The van der Waals surface area contributed by atoms with Gasteiger partial charge >= 0.3 is 0 Å². The Hall–Kier alpha value is 0.280. The fourth-order valence-electron chi connectivity index (χ4n) is 2.13. The normalized spacial score (nSPS) is 13.5. The van der Waals surface area contributed by atoms with E-state index in [1.807, 2.05) is 6.92 Å². The Morgan fingerprint density at radius 1 is 0.955 bits per heavy atom. The fourth-order valence-corrected chi connectivity index (χ4v) is 5.01. The summed E-state index contributed by atoms with van der Waals surface area (Å²) >= 11 is 8.72. The van der Waals surface area contributed by atoms with Crippen LogP contribution >= 0.6 is 35.7 Å². The van der Waals surface area contributed by atoms with Gasteiger partial charge in [-0.15, -0.1) is 11.8 Å². The van der Waals surface area contributed by atoms with Crippen LogP contribution in [0, 0.1) is 6.57 Å². The summed E-state index contributed by atoms with van der Waals surface area (Å²) < 4.78 is 0.941. The lowest BCUT2D eigenvalue weighted by atomic mass is 10.1. The highest BCUT2D eigenvalue weighted by Crippen LogP contribution is 2.35. The van der Waals surface area contributed by atoms with Gasteiger partial charge in [-0.3, -0.25) is 4.85 Å². The molecule has 1 nitrogen and oxygen atoms in total. The molecule has 0 bridgehead atoms. The van der Waals surface area contributed by atoms with Crippen molar-refractivity contribution in [2.24, 2.45) is 0 Å². The number of unbranched alkanes of at least 4 members (excludes halogenated alkanes) is 9. The molecule has 0 saturated carbocycles. The second-order valence-corrected chi connectivity index (χ2v) is 9.80. The third-order valence-corrected chi connectivity index (χ3v) is 6.84. The Labute approximate surface area is 152 Å². The largest absolute Gasteiger partial charge is 0.298 e. The predicted octanol–water partition coefficient (Wildman–Crippen LogP) is 7.70. The topological polar surface area (TPSA) is 4.36 Å². The molecule has 0 rings (SSSR count). The molecule has 4 heteroatoms. The average Bonchev–Trinajstić information content (AvgIpc) is 2.52. The van der Waals surface area contributed by atoms with Gasteiger partial charge < -0.3 is 0 Å². The van der Waals surface area contributed by atoms with Gasteiger partial charge in [-0.1, -0.05) is 83.9 Å². The minimum atomic E-state index is -0.359. The van der Waals surface area contributed by atoms with E-state index in [1.165, 1.54) is 64.2 Å². The van der Waals surface area contributed by atoms with Gasteiger partial charge in [0.15, 0.2) is 0 Å². The molecule has 0 amide bonds. The van der Waals surface area contributed by atoms with Crippen LogP contribution in [0.4, 0.5) is 0 Å². The van der Waals surface area contributed by atoms with Crippen LogP contribution < -0.4 is 0 Å². The summed E-state index contributed by atoms with van der Waals surface area (Å²) in [7, 11) is 0. The first kappa shape index (κ1) is 22.3. The molecular formula is C18H33NS3. The Balaban J connectivity index is 3.39. The second-order valence-electron chi connectivity index (χ2n) is 6.02. The standard InChI is InChI=1S/C18H33NS3/c1-5-7-8-9-10-11-12-13-14-15-16-21-17(20)22-18(3,6-2)19-4/h5-16H2,1-3H3. The van der Waals surface area contributed by atoms with E-state index in [0.717, 1.165) is 15.7 Å². The zero-order valence-corrected chi connectivity index (χ0v) is 17.1. The van der Waals surface area contributed by atoms with Crippen molar-refractivity contribution < 1.29 is 0 Å². The summed E-state index contributed by atoms with van der Waals surface area (Å²) in [5.41, 5.74) is 0. The van der Waals surface area contributed by atoms with E-state index in [1.54, 1.807) is 23.5 Å². The van der Waals surface area contributed by atoms with Crippen LogP contribution in [0.15, 0.2) is 0 Å². The van der Waals surface area contributed by atoms with Crippen LogP contribution in [0.25, 0.3) is 4.85 Å². The van der Waals surface area contributed by atoms with Crippen molar-refractivity contribution in [3.05, 3.63) is 11.4 Å². The van der Waals surface area contributed by atoms with Crippen molar-refractivity contribution >= 4 is 39.3 Å². The molecule has 0 aromatic carbocycles. The van der Waals surface area contributed by atoms with Gasteiger partial charge in [0.05, 0.1) is 0 Å². The van der Waals surface area contributed by atoms with Crippen LogP contribution in [0.3, 0.4) is 0 Å². The molecule has 0 radical (unpaired) electrons. The molecule has 1 unspecified atom stereocenters. The smallest absolute Gasteiger partial charge is 0.280 e. The van der Waals surface area contributed by atoms with E-state index >= 15 is 0 Å². The van der Waals surface area contributed by atoms with Crippen molar-refractivity contribution in [3.8, 4) is 0 Å². The van der Waals surface area contributed by atoms with Gasteiger partial charge in [-0.2, -0.15) is 0 Å². The molecule has 1 atom stereocenters. The predicted molar refractivity (Wildman–Crippen MR) is 110 cm³/mol. The molecule has 0 heterocycles. The molecule has 0 aromatic heterocycles. The molecular weight excluding hydrogens is 326 g/mol. The summed E-state index contributed by atoms with van der Waals surface area (Å²) in [6, 6.07) is 0. The van der Waals surface area contributed by atoms with Crippen LogP contribution in [-0.4, -0.2) is 14.2 Å². The van der Waals surface area contributed by atoms with E-state index in [2.05, 4.69) is 18.7 Å². The summed E-state index contributed by atoms with van der Waals surface area (Å²) in [6.45, 7) is 13.6. The van der Waals surface area contributed by atoms with Crippen LogP contribution in [0.5, 0.6) is 0 Å². The molecule has 128 valence electrons. The first-order valence-electron chi connectivity index (χ1n) is 8.82. The Bertz CT molecular complexity index is 325. The first-order valence-corrected chi connectivity index (χ1v) is 11.0. The van der Waals surface area contributed by atoms with Crippen LogP contribution in [-0.2, 0) is 0 Å². The first-order chi connectivity index (χ1) is 10.6. The van der Waals surface area contributed by atoms with Crippen LogP contribution in [0.2, 0.25) is 0 Å². The summed E-state index contributed by atoms with van der Waals surface area (Å²) in [5.74, 6) is 1.11. The quantitative estimate of drug-likeness (QED) is 0.188. The molecule has 0 aliphatic heterocycles. The minimum absolute atomic E-state index is 0.359. The van der Waals surface area contributed by atoms with Crippen molar-refractivity contribution in [2.75, 3.05) is 5.75 Å². The highest BCUT2D eigenvalue weighted by atomic mass is 32.2. The second kappa shape index (κ2) is 14.8. The van der Waals surface area contributed by atoms with Gasteiger partial charge in [0.2, 0.25) is 0 Å². The average molecular weight is 360 g/mol. The highest BCUT2D eigenvalue weighted by Gasteiger charge is 2.30. The number of thiocarbonyl (C=S) groups is 1. The van der Waals surface area contributed by atoms with Crippen molar-refractivity contribution in [3.63, 3.8) is 0 Å². The lowest BCUT2D eigenvalue weighted by molar-refractivity contribution is 0.563. The zero-order valence-electron chi connectivity index (χ0n) is 14.7.